The number of allylic oxidation sites excluding steroid dienone is 2. The van der Waals surface area contributed by atoms with Crippen LogP contribution in [-0.2, 0) is 14.4 Å². The average molecular weight is 456 g/mol. The normalized spacial score (nSPS) is 40.3. The second kappa shape index (κ2) is 5.79. The summed E-state index contributed by atoms with van der Waals surface area (Å²) in [5, 5.41) is 0.462. The number of fused-ring (bicyclic) bond motifs is 5. The van der Waals surface area contributed by atoms with E-state index < -0.39 is 37.7 Å². The molecular weight excluding hydrogens is 443 g/mol. The Labute approximate surface area is 169 Å². The minimum atomic E-state index is -1.91. The first-order valence-electron chi connectivity index (χ1n) is 7.26. The van der Waals surface area contributed by atoms with Gasteiger partial charge in [0.25, 0.3) is 11.8 Å². The molecule has 2 fully saturated rings. The molecule has 0 radical (unpaired) electrons. The van der Waals surface area contributed by atoms with E-state index in [4.69, 9.17) is 74.4 Å². The number of hydroxylamine groups is 2. The molecule has 3 aliphatic rings. The van der Waals surface area contributed by atoms with Gasteiger partial charge in [-0.3, -0.25) is 14.4 Å². The number of carbonyl (C=O) groups excluding carboxylic acids is 2. The lowest BCUT2D eigenvalue weighted by Gasteiger charge is -2.34. The zero-order valence-corrected chi connectivity index (χ0v) is 17.1. The van der Waals surface area contributed by atoms with E-state index in [9.17, 15) is 9.59 Å². The monoisotopic (exact) mass is 453 g/mol. The molecule has 1 aliphatic heterocycles. The molecule has 2 bridgehead atoms. The number of nitrogens with zero attached hydrogens (tertiary/aromatic N) is 1. The van der Waals surface area contributed by atoms with Gasteiger partial charge >= 0.3 is 0 Å². The second-order valence-corrected chi connectivity index (χ2v) is 9.84. The Morgan fingerprint density at radius 1 is 1.00 bits per heavy atom. The third kappa shape index (κ3) is 2.00. The van der Waals surface area contributed by atoms with E-state index in [-0.39, 0.29) is 16.7 Å². The second-order valence-electron chi connectivity index (χ2n) is 6.57. The van der Waals surface area contributed by atoms with Gasteiger partial charge in [-0.2, -0.15) is 5.06 Å². The summed E-state index contributed by atoms with van der Waals surface area (Å²) >= 11 is 38.2. The number of amides is 2. The number of hydrogen-bond donors (Lipinski definition) is 0. The molecule has 0 spiro atoms. The van der Waals surface area contributed by atoms with Crippen LogP contribution in [0.25, 0.3) is 0 Å². The molecule has 0 unspecified atom stereocenters. The summed E-state index contributed by atoms with van der Waals surface area (Å²) in [6.07, 6.45) is 0.666. The highest BCUT2D eigenvalue weighted by molar-refractivity contribution is 6.66. The van der Waals surface area contributed by atoms with Gasteiger partial charge in [-0.05, 0) is 12.3 Å². The van der Waals surface area contributed by atoms with Gasteiger partial charge in [-0.15, -0.1) is 23.2 Å². The van der Waals surface area contributed by atoms with Gasteiger partial charge in [0.15, 0.2) is 4.33 Å². The Morgan fingerprint density at radius 2 is 1.42 bits per heavy atom. The maximum absolute atomic E-state index is 12.7. The highest BCUT2D eigenvalue weighted by atomic mass is 35.5. The first-order chi connectivity index (χ1) is 10.9. The van der Waals surface area contributed by atoms with Crippen LogP contribution >= 0.6 is 69.6 Å². The smallest absolute Gasteiger partial charge is 0.259 e. The maximum atomic E-state index is 12.7. The van der Waals surface area contributed by atoms with Crippen LogP contribution in [0.15, 0.2) is 10.1 Å². The van der Waals surface area contributed by atoms with Gasteiger partial charge in [0.1, 0.15) is 9.75 Å². The molecule has 24 heavy (non-hydrogen) atoms. The summed E-state index contributed by atoms with van der Waals surface area (Å²) in [5.41, 5.74) is 0. The summed E-state index contributed by atoms with van der Waals surface area (Å²) in [7, 11) is 0. The van der Waals surface area contributed by atoms with Crippen molar-refractivity contribution in [1.29, 1.82) is 0 Å². The molecule has 4 atom stereocenters. The van der Waals surface area contributed by atoms with E-state index in [1.54, 1.807) is 0 Å². The van der Waals surface area contributed by atoms with Gasteiger partial charge in [-0.1, -0.05) is 60.3 Å². The first-order valence-corrected chi connectivity index (χ1v) is 9.53. The van der Waals surface area contributed by atoms with Crippen molar-refractivity contribution in [1.82, 2.24) is 5.06 Å². The van der Waals surface area contributed by atoms with Crippen LogP contribution in [-0.4, -0.2) is 37.6 Å². The van der Waals surface area contributed by atoms with E-state index in [0.29, 0.717) is 17.4 Å². The van der Waals surface area contributed by atoms with Crippen molar-refractivity contribution >= 4 is 81.4 Å². The van der Waals surface area contributed by atoms with E-state index in [1.807, 2.05) is 13.8 Å². The summed E-state index contributed by atoms with van der Waals surface area (Å²) in [6, 6.07) is 0. The van der Waals surface area contributed by atoms with Gasteiger partial charge in [0, 0.05) is 0 Å². The Bertz CT molecular complexity index is 619. The lowest BCUT2D eigenvalue weighted by molar-refractivity contribution is -0.190. The van der Waals surface area contributed by atoms with Crippen LogP contribution < -0.4 is 0 Å². The standard InChI is InChI=1S/C14H13Cl6NO3/c1-5(2)3-4-24-21-10(22)6-7(11(21)23)13(18)9(16)8(15)12(6,17)14(13,19)20/h5-7H,3-4H2,1-2H3/t6-,7+,12-,13-/m1/s1. The van der Waals surface area contributed by atoms with Crippen molar-refractivity contribution in [3.8, 4) is 0 Å². The lowest BCUT2D eigenvalue weighted by Crippen LogP contribution is -2.50. The van der Waals surface area contributed by atoms with Crippen molar-refractivity contribution in [2.75, 3.05) is 6.61 Å². The molecule has 2 amide bonds. The summed E-state index contributed by atoms with van der Waals surface area (Å²) in [6.45, 7) is 4.18. The molecule has 2 aliphatic carbocycles. The molecule has 1 heterocycles. The summed E-state index contributed by atoms with van der Waals surface area (Å²) < 4.78 is -1.91. The molecule has 4 nitrogen and oxygen atoms in total. The molecular formula is C14H13Cl6NO3. The third-order valence-corrected chi connectivity index (χ3v) is 9.04. The molecule has 0 aromatic rings. The number of alkyl halides is 4. The molecule has 0 aromatic carbocycles. The van der Waals surface area contributed by atoms with Gasteiger partial charge in [0.05, 0.1) is 28.5 Å². The van der Waals surface area contributed by atoms with Crippen molar-refractivity contribution in [3.63, 3.8) is 0 Å². The minimum Gasteiger partial charge on any atom is -0.272 e. The van der Waals surface area contributed by atoms with Crippen LogP contribution in [0, 0.1) is 17.8 Å². The van der Waals surface area contributed by atoms with Crippen LogP contribution in [0.1, 0.15) is 20.3 Å². The van der Waals surface area contributed by atoms with Crippen LogP contribution in [0.4, 0.5) is 0 Å². The average Bonchev–Trinajstić information content (AvgIpc) is 2.86. The molecule has 1 saturated carbocycles. The van der Waals surface area contributed by atoms with Crippen molar-refractivity contribution in [2.45, 2.75) is 34.3 Å². The number of halogens is 6. The minimum absolute atomic E-state index is 0.114. The highest BCUT2D eigenvalue weighted by Crippen LogP contribution is 2.77. The summed E-state index contributed by atoms with van der Waals surface area (Å²) in [5.74, 6) is -3.28. The molecule has 10 heteroatoms. The highest BCUT2D eigenvalue weighted by Gasteiger charge is 2.87. The number of carbonyl (C=O) groups is 2. The first kappa shape index (κ1) is 19.3. The topological polar surface area (TPSA) is 46.6 Å². The van der Waals surface area contributed by atoms with Crippen LogP contribution in [0.2, 0.25) is 0 Å². The van der Waals surface area contributed by atoms with Gasteiger partial charge < -0.3 is 0 Å². The van der Waals surface area contributed by atoms with Gasteiger partial charge in [0.2, 0.25) is 0 Å². The van der Waals surface area contributed by atoms with E-state index in [0.717, 1.165) is 0 Å². The van der Waals surface area contributed by atoms with Crippen molar-refractivity contribution in [3.05, 3.63) is 10.1 Å². The number of rotatable bonds is 4. The summed E-state index contributed by atoms with van der Waals surface area (Å²) in [4.78, 5) is 27.3. The molecule has 1 saturated heterocycles. The third-order valence-electron chi connectivity index (χ3n) is 4.78. The Morgan fingerprint density at radius 3 is 1.79 bits per heavy atom. The number of hydrogen-bond acceptors (Lipinski definition) is 3. The zero-order valence-electron chi connectivity index (χ0n) is 12.6. The van der Waals surface area contributed by atoms with Gasteiger partial charge in [-0.25, -0.2) is 0 Å². The molecule has 134 valence electrons. The largest absolute Gasteiger partial charge is 0.272 e. The lowest BCUT2D eigenvalue weighted by atomic mass is 9.84. The Balaban J connectivity index is 1.99. The molecule has 3 rings (SSSR count). The zero-order chi connectivity index (χ0) is 18.2. The molecule has 0 N–H and O–H groups in total. The SMILES string of the molecule is CC(C)CCON1C(=O)[C@@H]2[C@H](C1=O)[C@@]1(Cl)C(Cl)=C(Cl)[C@@]2(Cl)C1(Cl)Cl. The van der Waals surface area contributed by atoms with E-state index in [2.05, 4.69) is 0 Å². The quantitative estimate of drug-likeness (QED) is 0.466. The fourth-order valence-electron chi connectivity index (χ4n) is 3.48. The number of imide groups is 1. The van der Waals surface area contributed by atoms with E-state index >= 15 is 0 Å². The fraction of sp³-hybridized carbons (Fsp3) is 0.714. The maximum Gasteiger partial charge on any atom is 0.259 e. The predicted octanol–water partition coefficient (Wildman–Crippen LogP) is 4.41. The van der Waals surface area contributed by atoms with Crippen molar-refractivity contribution < 1.29 is 14.4 Å². The molecule has 0 aromatic heterocycles. The van der Waals surface area contributed by atoms with Crippen LogP contribution in [0.5, 0.6) is 0 Å². The van der Waals surface area contributed by atoms with Crippen molar-refractivity contribution in [2.24, 2.45) is 17.8 Å². The Hall–Kier alpha value is 0.580. The predicted molar refractivity (Wildman–Crippen MR) is 94.6 cm³/mol. The van der Waals surface area contributed by atoms with Crippen LogP contribution in [0.3, 0.4) is 0 Å². The van der Waals surface area contributed by atoms with E-state index in [1.165, 1.54) is 0 Å². The fourth-order valence-corrected chi connectivity index (χ4v) is 6.41. The Kier molecular flexibility index (Phi) is 4.66.